The van der Waals surface area contributed by atoms with Gasteiger partial charge in [0.25, 0.3) is 11.5 Å². The molecule has 1 unspecified atom stereocenters. The van der Waals surface area contributed by atoms with Crippen LogP contribution in [0.15, 0.2) is 65.7 Å². The van der Waals surface area contributed by atoms with Gasteiger partial charge in [-0.15, -0.1) is 0 Å². The molecule has 0 spiro atoms. The molecule has 0 aliphatic carbocycles. The first-order valence-electron chi connectivity index (χ1n) is 21.0. The lowest BCUT2D eigenvalue weighted by atomic mass is 9.89. The van der Waals surface area contributed by atoms with Crippen LogP contribution in [0.3, 0.4) is 0 Å². The van der Waals surface area contributed by atoms with E-state index >= 15 is 0 Å². The van der Waals surface area contributed by atoms with E-state index in [1.54, 1.807) is 16.8 Å². The first kappa shape index (κ1) is 39.1. The van der Waals surface area contributed by atoms with Crippen LogP contribution in [0.5, 0.6) is 0 Å². The van der Waals surface area contributed by atoms with Crippen LogP contribution in [-0.2, 0) is 34.2 Å². The van der Waals surface area contributed by atoms with Gasteiger partial charge in [0.1, 0.15) is 11.7 Å². The molecule has 9 rings (SSSR count). The molecule has 5 aromatic rings. The van der Waals surface area contributed by atoms with Crippen LogP contribution in [0.4, 0.5) is 17.1 Å². The molecule has 4 aliphatic heterocycles. The fraction of sp³-hybridized carbons (Fsp3) is 0.383. The quantitative estimate of drug-likeness (QED) is 0.169. The van der Waals surface area contributed by atoms with Gasteiger partial charge >= 0.3 is 0 Å². The Balaban J connectivity index is 0.893. The van der Waals surface area contributed by atoms with Crippen molar-refractivity contribution in [2.75, 3.05) is 42.6 Å². The van der Waals surface area contributed by atoms with E-state index in [1.165, 1.54) is 11.1 Å². The minimum atomic E-state index is -0.383. The number of benzene rings is 2. The minimum absolute atomic E-state index is 0.00867. The van der Waals surface area contributed by atoms with Gasteiger partial charge in [0.05, 0.1) is 35.3 Å². The largest absolute Gasteiger partial charge is 0.381 e. The molecule has 2 saturated heterocycles. The van der Waals surface area contributed by atoms with Gasteiger partial charge in [0, 0.05) is 73.7 Å². The number of imide groups is 1. The second-order valence-electron chi connectivity index (χ2n) is 16.2. The van der Waals surface area contributed by atoms with E-state index < -0.39 is 0 Å². The first-order chi connectivity index (χ1) is 29.2. The summed E-state index contributed by atoms with van der Waals surface area (Å²) in [7, 11) is 1.85. The lowest BCUT2D eigenvalue weighted by Gasteiger charge is -2.35. The number of nitrogens with zero attached hydrogens (tertiary/aromatic N) is 6. The Morgan fingerprint density at radius 2 is 1.77 bits per heavy atom. The average Bonchev–Trinajstić information content (AvgIpc) is 3.49. The zero-order valence-corrected chi connectivity index (χ0v) is 34.1. The molecule has 60 heavy (non-hydrogen) atoms. The van der Waals surface area contributed by atoms with Gasteiger partial charge in [-0.05, 0) is 118 Å². The number of nitrogens with one attached hydrogen (secondary N) is 2. The van der Waals surface area contributed by atoms with Gasteiger partial charge < -0.3 is 24.4 Å². The molecular weight excluding hydrogens is 757 g/mol. The van der Waals surface area contributed by atoms with E-state index in [2.05, 4.69) is 55.5 Å². The predicted octanol–water partition coefficient (Wildman–Crippen LogP) is 5.41. The molecule has 0 saturated carbocycles. The number of anilines is 3. The van der Waals surface area contributed by atoms with Crippen molar-refractivity contribution in [3.8, 4) is 23.2 Å². The summed E-state index contributed by atoms with van der Waals surface area (Å²) in [5, 5.41) is 6.37. The molecule has 4 aliphatic rings. The van der Waals surface area contributed by atoms with E-state index in [1.807, 2.05) is 44.4 Å². The van der Waals surface area contributed by atoms with Gasteiger partial charge in [-0.3, -0.25) is 29.5 Å². The molecule has 2 N–H and O–H groups in total. The highest BCUT2D eigenvalue weighted by molar-refractivity contribution is 6.02. The lowest BCUT2D eigenvalue weighted by molar-refractivity contribution is -0.134. The number of aromatic nitrogens is 4. The standard InChI is InChI=1S/C47H48N8O5/c1-29-23-35-40(53(2)47(29)59)25-34(31-16-21-60-22-17-31)26-41(35)55-20-6-9-36-42(55)28-50-44(51-36)33-12-13-37(49-27-33)45(57)48-18-5-7-30-10-11-32-8-3-4-19-54(39(32)24-30)38-14-15-43(56)52-46(38)58/h10-13,23-28,31,38H,3-4,6,8-9,14-22H2,1-2H3,(H,48,57)(H,52,56,58). The summed E-state index contributed by atoms with van der Waals surface area (Å²) in [6.07, 6.45) is 10.8. The zero-order valence-electron chi connectivity index (χ0n) is 34.1. The van der Waals surface area contributed by atoms with Crippen molar-refractivity contribution in [3.05, 3.63) is 105 Å². The summed E-state index contributed by atoms with van der Waals surface area (Å²) < 4.78 is 7.44. The highest BCUT2D eigenvalue weighted by Gasteiger charge is 2.33. The maximum Gasteiger partial charge on any atom is 0.270 e. The second-order valence-corrected chi connectivity index (χ2v) is 16.2. The van der Waals surface area contributed by atoms with Crippen LogP contribution in [0.1, 0.15) is 89.3 Å². The Kier molecular flexibility index (Phi) is 10.9. The molecule has 1 atom stereocenters. The van der Waals surface area contributed by atoms with Gasteiger partial charge in [-0.1, -0.05) is 17.9 Å². The SMILES string of the molecule is Cc1cc2c(N3CCCc4nc(-c5ccc(C(=O)NCC#Cc6ccc7c(c6)N(C6CCC(=O)NC6=O)CCCC7)nc5)ncc43)cc(C3CCOCC3)cc2n(C)c1=O. The third-order valence-electron chi connectivity index (χ3n) is 12.3. The minimum Gasteiger partial charge on any atom is -0.381 e. The number of rotatable bonds is 6. The molecule has 306 valence electrons. The maximum atomic E-state index is 13.1. The Bertz CT molecular complexity index is 2640. The average molecular weight is 805 g/mol. The van der Waals surface area contributed by atoms with Crippen LogP contribution >= 0.6 is 0 Å². The van der Waals surface area contributed by atoms with Crippen molar-refractivity contribution in [2.24, 2.45) is 7.05 Å². The third-order valence-corrected chi connectivity index (χ3v) is 12.3. The monoisotopic (exact) mass is 804 g/mol. The normalized spacial score (nSPS) is 18.2. The molecule has 13 nitrogen and oxygen atoms in total. The van der Waals surface area contributed by atoms with Gasteiger partial charge in [0.2, 0.25) is 11.8 Å². The molecule has 0 bridgehead atoms. The van der Waals surface area contributed by atoms with Crippen molar-refractivity contribution in [1.82, 2.24) is 30.2 Å². The number of amides is 3. The highest BCUT2D eigenvalue weighted by Crippen LogP contribution is 2.40. The van der Waals surface area contributed by atoms with Gasteiger partial charge in [0.15, 0.2) is 5.82 Å². The summed E-state index contributed by atoms with van der Waals surface area (Å²) >= 11 is 0. The summed E-state index contributed by atoms with van der Waals surface area (Å²) in [6.45, 7) is 5.01. The smallest absolute Gasteiger partial charge is 0.270 e. The van der Waals surface area contributed by atoms with Crippen molar-refractivity contribution in [3.63, 3.8) is 0 Å². The predicted molar refractivity (Wildman–Crippen MR) is 229 cm³/mol. The van der Waals surface area contributed by atoms with E-state index in [-0.39, 0.29) is 41.6 Å². The number of aryl methyl sites for hydroxylation is 4. The third kappa shape index (κ3) is 7.75. The zero-order chi connectivity index (χ0) is 41.3. The molecular formula is C47H48N8O5. The van der Waals surface area contributed by atoms with Gasteiger partial charge in [-0.2, -0.15) is 0 Å². The maximum absolute atomic E-state index is 13.1. The summed E-state index contributed by atoms with van der Waals surface area (Å²) in [5.41, 5.74) is 9.70. The highest BCUT2D eigenvalue weighted by atomic mass is 16.5. The molecule has 0 radical (unpaired) electrons. The summed E-state index contributed by atoms with van der Waals surface area (Å²) in [6, 6.07) is 15.6. The molecule has 3 amide bonds. The molecule has 2 aromatic carbocycles. The van der Waals surface area contributed by atoms with Crippen molar-refractivity contribution < 1.29 is 19.1 Å². The molecule has 7 heterocycles. The number of carbonyl (C=O) groups is 3. The van der Waals surface area contributed by atoms with Crippen LogP contribution in [0.2, 0.25) is 0 Å². The Labute approximate surface area is 348 Å². The van der Waals surface area contributed by atoms with E-state index in [0.717, 1.165) is 110 Å². The van der Waals surface area contributed by atoms with Crippen molar-refractivity contribution in [2.45, 2.75) is 76.7 Å². The number of ether oxygens (including phenoxy) is 1. The fourth-order valence-electron chi connectivity index (χ4n) is 9.11. The van der Waals surface area contributed by atoms with Gasteiger partial charge in [-0.25, -0.2) is 9.97 Å². The van der Waals surface area contributed by atoms with E-state index in [0.29, 0.717) is 35.7 Å². The Hall–Kier alpha value is -6.39. The number of carbonyl (C=O) groups excluding carboxylic acids is 3. The number of pyridine rings is 2. The topological polar surface area (TPSA) is 152 Å². The number of fused-ring (bicyclic) bond motifs is 3. The first-order valence-corrected chi connectivity index (χ1v) is 21.0. The lowest BCUT2D eigenvalue weighted by Crippen LogP contribution is -2.53. The molecule has 13 heteroatoms. The second kappa shape index (κ2) is 16.7. The van der Waals surface area contributed by atoms with Crippen LogP contribution in [0.25, 0.3) is 22.3 Å². The van der Waals surface area contributed by atoms with E-state index in [9.17, 15) is 19.2 Å². The van der Waals surface area contributed by atoms with Crippen LogP contribution in [0, 0.1) is 18.8 Å². The molecule has 3 aromatic heterocycles. The van der Waals surface area contributed by atoms with Crippen LogP contribution in [-0.4, -0.2) is 76.1 Å². The number of hydrogen-bond acceptors (Lipinski definition) is 10. The number of hydrogen-bond donors (Lipinski definition) is 2. The van der Waals surface area contributed by atoms with E-state index in [4.69, 9.17) is 14.7 Å². The fourth-order valence-corrected chi connectivity index (χ4v) is 9.11. The Morgan fingerprint density at radius 1 is 0.900 bits per heavy atom. The van der Waals surface area contributed by atoms with Crippen molar-refractivity contribution in [1.29, 1.82) is 0 Å². The molecule has 2 fully saturated rings. The van der Waals surface area contributed by atoms with Crippen molar-refractivity contribution >= 4 is 45.7 Å². The summed E-state index contributed by atoms with van der Waals surface area (Å²) in [5.74, 6) is 6.31. The Morgan fingerprint density at radius 3 is 2.58 bits per heavy atom. The summed E-state index contributed by atoms with van der Waals surface area (Å²) in [4.78, 5) is 69.4. The van der Waals surface area contributed by atoms with Crippen LogP contribution < -0.4 is 26.0 Å². The number of piperidine rings is 1.